The standard InChI is InChI=1S/C13H17N5O/c1-17-5-6-18-12(8-17)15-16-13(18)9-3-4-10(14)11(7-9)19-2/h3-4,7H,5-6,8,14H2,1-2H3. The number of nitrogens with two attached hydrogens (primary N) is 1. The third-order valence-corrected chi connectivity index (χ3v) is 3.44. The van der Waals surface area contributed by atoms with Crippen LogP contribution in [0.4, 0.5) is 5.69 Å². The molecule has 0 unspecified atom stereocenters. The van der Waals surface area contributed by atoms with Crippen molar-refractivity contribution in [2.45, 2.75) is 13.1 Å². The Morgan fingerprint density at radius 1 is 1.26 bits per heavy atom. The Kier molecular flexibility index (Phi) is 2.87. The van der Waals surface area contributed by atoms with Gasteiger partial charge in [0, 0.05) is 18.7 Å². The Hall–Kier alpha value is -2.08. The fourth-order valence-corrected chi connectivity index (χ4v) is 2.34. The molecule has 0 saturated carbocycles. The van der Waals surface area contributed by atoms with Crippen LogP contribution in [0.2, 0.25) is 0 Å². The van der Waals surface area contributed by atoms with Crippen molar-refractivity contribution < 1.29 is 4.74 Å². The van der Waals surface area contributed by atoms with Crippen LogP contribution in [0.5, 0.6) is 5.75 Å². The van der Waals surface area contributed by atoms with Gasteiger partial charge in [-0.15, -0.1) is 10.2 Å². The summed E-state index contributed by atoms with van der Waals surface area (Å²) in [5, 5.41) is 8.56. The Morgan fingerprint density at radius 3 is 2.89 bits per heavy atom. The Balaban J connectivity index is 2.03. The fourth-order valence-electron chi connectivity index (χ4n) is 2.34. The number of hydrogen-bond acceptors (Lipinski definition) is 5. The Morgan fingerprint density at radius 2 is 2.11 bits per heavy atom. The number of nitrogen functional groups attached to an aromatic ring is 1. The number of likely N-dealkylation sites (N-methyl/N-ethyl adjacent to an activating group) is 1. The topological polar surface area (TPSA) is 69.2 Å². The van der Waals surface area contributed by atoms with Crippen LogP contribution in [0.3, 0.4) is 0 Å². The molecule has 100 valence electrons. The first-order valence-corrected chi connectivity index (χ1v) is 6.23. The first kappa shape index (κ1) is 12.0. The van der Waals surface area contributed by atoms with Gasteiger partial charge in [-0.3, -0.25) is 4.90 Å². The number of anilines is 1. The number of hydrogen-bond donors (Lipinski definition) is 1. The van der Waals surface area contributed by atoms with E-state index in [4.69, 9.17) is 10.5 Å². The maximum Gasteiger partial charge on any atom is 0.164 e. The molecule has 0 aliphatic carbocycles. The summed E-state index contributed by atoms with van der Waals surface area (Å²) in [6.45, 7) is 2.74. The summed E-state index contributed by atoms with van der Waals surface area (Å²) < 4.78 is 7.41. The fraction of sp³-hybridized carbons (Fsp3) is 0.385. The Bertz CT molecular complexity index is 607. The quantitative estimate of drug-likeness (QED) is 0.814. The smallest absolute Gasteiger partial charge is 0.164 e. The molecule has 0 atom stereocenters. The third kappa shape index (κ3) is 2.04. The largest absolute Gasteiger partial charge is 0.495 e. The van der Waals surface area contributed by atoms with Gasteiger partial charge in [-0.05, 0) is 25.2 Å². The van der Waals surface area contributed by atoms with Gasteiger partial charge in [0.1, 0.15) is 11.6 Å². The summed E-state index contributed by atoms with van der Waals surface area (Å²) >= 11 is 0. The van der Waals surface area contributed by atoms with E-state index in [2.05, 4.69) is 26.7 Å². The molecule has 6 heteroatoms. The van der Waals surface area contributed by atoms with Gasteiger partial charge in [-0.1, -0.05) is 0 Å². The van der Waals surface area contributed by atoms with Crippen molar-refractivity contribution in [2.75, 3.05) is 26.4 Å². The lowest BCUT2D eigenvalue weighted by atomic mass is 10.1. The summed E-state index contributed by atoms with van der Waals surface area (Å²) in [5.41, 5.74) is 7.44. The van der Waals surface area contributed by atoms with Gasteiger partial charge in [0.2, 0.25) is 0 Å². The molecule has 6 nitrogen and oxygen atoms in total. The van der Waals surface area contributed by atoms with Crippen molar-refractivity contribution in [1.29, 1.82) is 0 Å². The molecule has 0 fully saturated rings. The number of rotatable bonds is 2. The molecular weight excluding hydrogens is 242 g/mol. The van der Waals surface area contributed by atoms with Crippen LogP contribution in [0.1, 0.15) is 5.82 Å². The zero-order chi connectivity index (χ0) is 13.4. The van der Waals surface area contributed by atoms with Crippen molar-refractivity contribution in [3.05, 3.63) is 24.0 Å². The highest BCUT2D eigenvalue weighted by Crippen LogP contribution is 2.28. The summed E-state index contributed by atoms with van der Waals surface area (Å²) in [7, 11) is 3.70. The van der Waals surface area contributed by atoms with Crippen LogP contribution in [-0.2, 0) is 13.1 Å². The van der Waals surface area contributed by atoms with Gasteiger partial charge in [-0.25, -0.2) is 0 Å². The van der Waals surface area contributed by atoms with Crippen molar-refractivity contribution in [3.8, 4) is 17.1 Å². The molecule has 1 aliphatic rings. The minimum absolute atomic E-state index is 0.629. The molecule has 1 aromatic carbocycles. The van der Waals surface area contributed by atoms with Gasteiger partial charge in [0.15, 0.2) is 5.82 Å². The SMILES string of the molecule is COc1cc(-c2nnc3n2CCN(C)C3)ccc1N. The van der Waals surface area contributed by atoms with Crippen molar-refractivity contribution in [2.24, 2.45) is 0 Å². The number of benzene rings is 1. The summed E-state index contributed by atoms with van der Waals surface area (Å²) in [4.78, 5) is 2.23. The molecule has 2 aromatic rings. The van der Waals surface area contributed by atoms with Crippen molar-refractivity contribution in [3.63, 3.8) is 0 Å². The molecule has 0 spiro atoms. The zero-order valence-corrected chi connectivity index (χ0v) is 11.1. The number of ether oxygens (including phenoxy) is 1. The van der Waals surface area contributed by atoms with E-state index >= 15 is 0 Å². The van der Waals surface area contributed by atoms with Gasteiger partial charge in [-0.2, -0.15) is 0 Å². The highest BCUT2D eigenvalue weighted by molar-refractivity contribution is 5.65. The summed E-state index contributed by atoms with van der Waals surface area (Å²) in [6, 6.07) is 5.70. The number of nitrogens with zero attached hydrogens (tertiary/aromatic N) is 4. The van der Waals surface area contributed by atoms with Gasteiger partial charge >= 0.3 is 0 Å². The summed E-state index contributed by atoms with van der Waals surface area (Å²) in [6.07, 6.45) is 0. The van der Waals surface area contributed by atoms with E-state index in [1.165, 1.54) is 0 Å². The average Bonchev–Trinajstić information content (AvgIpc) is 2.82. The van der Waals surface area contributed by atoms with E-state index < -0.39 is 0 Å². The maximum absolute atomic E-state index is 5.83. The molecule has 1 aromatic heterocycles. The van der Waals surface area contributed by atoms with Crippen molar-refractivity contribution >= 4 is 5.69 Å². The lowest BCUT2D eigenvalue weighted by Crippen LogP contribution is -2.30. The third-order valence-electron chi connectivity index (χ3n) is 3.44. The lowest BCUT2D eigenvalue weighted by molar-refractivity contribution is 0.265. The van der Waals surface area contributed by atoms with E-state index in [1.807, 2.05) is 18.2 Å². The van der Waals surface area contributed by atoms with Crippen LogP contribution >= 0.6 is 0 Å². The van der Waals surface area contributed by atoms with E-state index in [-0.39, 0.29) is 0 Å². The maximum atomic E-state index is 5.83. The van der Waals surface area contributed by atoms with Crippen LogP contribution in [-0.4, -0.2) is 40.4 Å². The molecule has 0 amide bonds. The number of methoxy groups -OCH3 is 1. The minimum Gasteiger partial charge on any atom is -0.495 e. The normalized spacial score (nSPS) is 15.3. The van der Waals surface area contributed by atoms with Crippen LogP contribution in [0.25, 0.3) is 11.4 Å². The molecule has 3 rings (SSSR count). The highest BCUT2D eigenvalue weighted by atomic mass is 16.5. The Labute approximate surface area is 111 Å². The second-order valence-electron chi connectivity index (χ2n) is 4.79. The molecule has 2 N–H and O–H groups in total. The van der Waals surface area contributed by atoms with Crippen LogP contribution < -0.4 is 10.5 Å². The first-order valence-electron chi connectivity index (χ1n) is 6.23. The molecular formula is C13H17N5O. The van der Waals surface area contributed by atoms with Crippen LogP contribution in [0.15, 0.2) is 18.2 Å². The lowest BCUT2D eigenvalue weighted by Gasteiger charge is -2.23. The monoisotopic (exact) mass is 259 g/mol. The second-order valence-corrected chi connectivity index (χ2v) is 4.79. The first-order chi connectivity index (χ1) is 9.19. The van der Waals surface area contributed by atoms with E-state index in [0.717, 1.165) is 36.8 Å². The average molecular weight is 259 g/mol. The molecule has 0 bridgehead atoms. The molecule has 0 saturated heterocycles. The molecule has 2 heterocycles. The van der Waals surface area contributed by atoms with Crippen molar-refractivity contribution in [1.82, 2.24) is 19.7 Å². The molecule has 1 aliphatic heterocycles. The predicted octanol–water partition coefficient (Wildman–Crippen LogP) is 0.981. The minimum atomic E-state index is 0.629. The zero-order valence-electron chi connectivity index (χ0n) is 11.1. The van der Waals surface area contributed by atoms with Gasteiger partial charge in [0.05, 0.1) is 19.3 Å². The van der Waals surface area contributed by atoms with E-state index in [1.54, 1.807) is 7.11 Å². The van der Waals surface area contributed by atoms with Crippen LogP contribution in [0, 0.1) is 0 Å². The van der Waals surface area contributed by atoms with E-state index in [9.17, 15) is 0 Å². The molecule has 19 heavy (non-hydrogen) atoms. The second kappa shape index (κ2) is 4.55. The predicted molar refractivity (Wildman–Crippen MR) is 72.8 cm³/mol. The number of aromatic nitrogens is 3. The van der Waals surface area contributed by atoms with Gasteiger partial charge in [0.25, 0.3) is 0 Å². The van der Waals surface area contributed by atoms with Gasteiger partial charge < -0.3 is 15.0 Å². The summed E-state index contributed by atoms with van der Waals surface area (Å²) in [5.74, 6) is 2.55. The number of fused-ring (bicyclic) bond motifs is 1. The molecule has 0 radical (unpaired) electrons. The highest BCUT2D eigenvalue weighted by Gasteiger charge is 2.20. The van der Waals surface area contributed by atoms with E-state index in [0.29, 0.717) is 11.4 Å².